The number of hydrogen-bond acceptors (Lipinski definition) is 2. The summed E-state index contributed by atoms with van der Waals surface area (Å²) in [4.78, 5) is 10.6. The predicted molar refractivity (Wildman–Crippen MR) is 55.2 cm³/mol. The Bertz CT molecular complexity index is 469. The number of aliphatic carboxylic acids is 1. The van der Waals surface area contributed by atoms with Gasteiger partial charge in [-0.1, -0.05) is 22.0 Å². The van der Waals surface area contributed by atoms with Crippen molar-refractivity contribution in [1.29, 1.82) is 5.26 Å². The van der Waals surface area contributed by atoms with Gasteiger partial charge in [0.25, 0.3) is 6.43 Å². The molecule has 0 unspecified atom stereocenters. The number of rotatable bonds is 3. The second-order valence-electron chi connectivity index (χ2n) is 2.97. The predicted octanol–water partition coefficient (Wildman–Crippen LogP) is 2.89. The number of halogens is 3. The van der Waals surface area contributed by atoms with Gasteiger partial charge >= 0.3 is 5.97 Å². The largest absolute Gasteiger partial charge is 0.481 e. The fourth-order valence-electron chi connectivity index (χ4n) is 1.28. The summed E-state index contributed by atoms with van der Waals surface area (Å²) in [6.07, 6.45) is -3.26. The molecule has 6 heteroatoms. The number of carboxylic acid groups (broad SMARTS) is 1. The molecule has 0 saturated heterocycles. The van der Waals surface area contributed by atoms with Crippen LogP contribution in [0.1, 0.15) is 23.1 Å². The number of alkyl halides is 2. The van der Waals surface area contributed by atoms with Crippen molar-refractivity contribution < 1.29 is 18.7 Å². The summed E-state index contributed by atoms with van der Waals surface area (Å²) in [5, 5.41) is 17.4. The van der Waals surface area contributed by atoms with E-state index in [9.17, 15) is 13.6 Å². The molecular formula is C10H6BrF2NO2. The maximum Gasteiger partial charge on any atom is 0.307 e. The second-order valence-corrected chi connectivity index (χ2v) is 3.83. The van der Waals surface area contributed by atoms with Crippen LogP contribution < -0.4 is 0 Å². The summed E-state index contributed by atoms with van der Waals surface area (Å²) < 4.78 is 25.4. The zero-order valence-electron chi connectivity index (χ0n) is 7.88. The van der Waals surface area contributed by atoms with Gasteiger partial charge in [0.15, 0.2) is 0 Å². The SMILES string of the molecule is N#Cc1c(C(F)F)ccc(Br)c1CC(=O)O. The fraction of sp³-hybridized carbons (Fsp3) is 0.200. The molecule has 1 aromatic carbocycles. The van der Waals surface area contributed by atoms with Gasteiger partial charge in [0.05, 0.1) is 18.1 Å². The summed E-state index contributed by atoms with van der Waals surface area (Å²) >= 11 is 3.04. The Kier molecular flexibility index (Phi) is 3.96. The molecule has 0 aliphatic heterocycles. The van der Waals surface area contributed by atoms with E-state index in [0.29, 0.717) is 4.47 Å². The van der Waals surface area contributed by atoms with Crippen LogP contribution in [-0.2, 0) is 11.2 Å². The van der Waals surface area contributed by atoms with E-state index in [-0.39, 0.29) is 11.1 Å². The molecular weight excluding hydrogens is 284 g/mol. The summed E-state index contributed by atoms with van der Waals surface area (Å²) in [6.45, 7) is 0. The highest BCUT2D eigenvalue weighted by Gasteiger charge is 2.19. The molecule has 0 heterocycles. The molecule has 0 bridgehead atoms. The molecule has 0 spiro atoms. The molecule has 0 aliphatic rings. The number of nitrogens with zero attached hydrogens (tertiary/aromatic N) is 1. The first-order valence-electron chi connectivity index (χ1n) is 4.18. The second kappa shape index (κ2) is 5.03. The minimum Gasteiger partial charge on any atom is -0.481 e. The van der Waals surface area contributed by atoms with Crippen molar-refractivity contribution >= 4 is 21.9 Å². The molecule has 0 atom stereocenters. The molecule has 1 aromatic rings. The van der Waals surface area contributed by atoms with E-state index in [1.165, 1.54) is 6.07 Å². The van der Waals surface area contributed by atoms with Crippen LogP contribution in [0.5, 0.6) is 0 Å². The van der Waals surface area contributed by atoms with E-state index >= 15 is 0 Å². The summed E-state index contributed by atoms with van der Waals surface area (Å²) in [5.74, 6) is -1.18. The van der Waals surface area contributed by atoms with Crippen LogP contribution in [0, 0.1) is 11.3 Å². The highest BCUT2D eigenvalue weighted by molar-refractivity contribution is 9.10. The molecule has 0 amide bonds. The molecule has 0 radical (unpaired) electrons. The van der Waals surface area contributed by atoms with Crippen molar-refractivity contribution in [1.82, 2.24) is 0 Å². The Balaban J connectivity index is 3.39. The van der Waals surface area contributed by atoms with Crippen LogP contribution in [0.3, 0.4) is 0 Å². The van der Waals surface area contributed by atoms with Crippen LogP contribution in [0.4, 0.5) is 8.78 Å². The molecule has 1 rings (SSSR count). The van der Waals surface area contributed by atoms with E-state index in [1.54, 1.807) is 6.07 Å². The van der Waals surface area contributed by atoms with Crippen LogP contribution >= 0.6 is 15.9 Å². The van der Waals surface area contributed by atoms with E-state index in [1.807, 2.05) is 0 Å². The summed E-state index contributed by atoms with van der Waals surface area (Å²) in [5.41, 5.74) is -0.637. The summed E-state index contributed by atoms with van der Waals surface area (Å²) in [6, 6.07) is 4.05. The highest BCUT2D eigenvalue weighted by Crippen LogP contribution is 2.30. The topological polar surface area (TPSA) is 61.1 Å². The maximum absolute atomic E-state index is 12.5. The van der Waals surface area contributed by atoms with Crippen molar-refractivity contribution in [2.45, 2.75) is 12.8 Å². The Labute approximate surface area is 98.4 Å². The Hall–Kier alpha value is -1.48. The number of carboxylic acids is 1. The lowest BCUT2D eigenvalue weighted by atomic mass is 10.00. The fourth-order valence-corrected chi connectivity index (χ4v) is 1.75. The molecule has 3 nitrogen and oxygen atoms in total. The van der Waals surface area contributed by atoms with Gasteiger partial charge in [-0.25, -0.2) is 8.78 Å². The van der Waals surface area contributed by atoms with Gasteiger partial charge in [-0.15, -0.1) is 0 Å². The van der Waals surface area contributed by atoms with Gasteiger partial charge in [0, 0.05) is 10.0 Å². The van der Waals surface area contributed by atoms with Crippen molar-refractivity contribution in [2.24, 2.45) is 0 Å². The van der Waals surface area contributed by atoms with Crippen LogP contribution in [-0.4, -0.2) is 11.1 Å². The minimum absolute atomic E-state index is 0.0767. The van der Waals surface area contributed by atoms with Gasteiger partial charge in [0.1, 0.15) is 0 Å². The average Bonchev–Trinajstić information content (AvgIpc) is 2.19. The molecule has 0 aromatic heterocycles. The minimum atomic E-state index is -2.80. The molecule has 84 valence electrons. The molecule has 16 heavy (non-hydrogen) atoms. The first-order chi connectivity index (χ1) is 7.47. The van der Waals surface area contributed by atoms with Crippen molar-refractivity contribution in [2.75, 3.05) is 0 Å². The monoisotopic (exact) mass is 289 g/mol. The van der Waals surface area contributed by atoms with E-state index in [2.05, 4.69) is 15.9 Å². The number of hydrogen-bond donors (Lipinski definition) is 1. The van der Waals surface area contributed by atoms with Crippen molar-refractivity contribution in [3.8, 4) is 6.07 Å². The van der Waals surface area contributed by atoms with Gasteiger partial charge in [0.2, 0.25) is 0 Å². The number of benzene rings is 1. The third-order valence-electron chi connectivity index (χ3n) is 1.96. The third kappa shape index (κ3) is 2.55. The smallest absolute Gasteiger partial charge is 0.307 e. The van der Waals surface area contributed by atoms with Crippen molar-refractivity contribution in [3.63, 3.8) is 0 Å². The summed E-state index contributed by atoms with van der Waals surface area (Å²) in [7, 11) is 0. The number of nitriles is 1. The quantitative estimate of drug-likeness (QED) is 0.931. The Morgan fingerprint density at radius 1 is 1.56 bits per heavy atom. The van der Waals surface area contributed by atoms with Gasteiger partial charge in [-0.05, 0) is 11.6 Å². The van der Waals surface area contributed by atoms with E-state index < -0.39 is 24.4 Å². The number of carbonyl (C=O) groups is 1. The van der Waals surface area contributed by atoms with Crippen LogP contribution in [0.2, 0.25) is 0 Å². The van der Waals surface area contributed by atoms with Gasteiger partial charge in [-0.2, -0.15) is 5.26 Å². The van der Waals surface area contributed by atoms with Crippen LogP contribution in [0.25, 0.3) is 0 Å². The van der Waals surface area contributed by atoms with Crippen molar-refractivity contribution in [3.05, 3.63) is 33.3 Å². The van der Waals surface area contributed by atoms with Gasteiger partial charge < -0.3 is 5.11 Å². The lowest BCUT2D eigenvalue weighted by Crippen LogP contribution is -2.05. The molecule has 0 aliphatic carbocycles. The molecule has 0 saturated carbocycles. The normalized spacial score (nSPS) is 10.2. The lowest BCUT2D eigenvalue weighted by Gasteiger charge is -2.09. The van der Waals surface area contributed by atoms with Gasteiger partial charge in [-0.3, -0.25) is 4.79 Å². The Morgan fingerprint density at radius 3 is 2.62 bits per heavy atom. The van der Waals surface area contributed by atoms with E-state index in [4.69, 9.17) is 10.4 Å². The highest BCUT2D eigenvalue weighted by atomic mass is 79.9. The maximum atomic E-state index is 12.5. The van der Waals surface area contributed by atoms with E-state index in [0.717, 1.165) is 6.07 Å². The standard InChI is InChI=1S/C10H6BrF2NO2/c11-8-2-1-5(10(12)13)7(4-14)6(8)3-9(15)16/h1-2,10H,3H2,(H,15,16). The molecule has 1 N–H and O–H groups in total. The Morgan fingerprint density at radius 2 is 2.19 bits per heavy atom. The average molecular weight is 290 g/mol. The zero-order valence-corrected chi connectivity index (χ0v) is 9.46. The third-order valence-corrected chi connectivity index (χ3v) is 2.71. The zero-order chi connectivity index (χ0) is 12.3. The van der Waals surface area contributed by atoms with Crippen LogP contribution in [0.15, 0.2) is 16.6 Å². The lowest BCUT2D eigenvalue weighted by molar-refractivity contribution is -0.136. The molecule has 0 fully saturated rings. The first kappa shape index (κ1) is 12.6. The first-order valence-corrected chi connectivity index (χ1v) is 4.98.